The number of carbonyl (C=O) groups excluding carboxylic acids is 3. The number of aliphatic carboxylic acids is 1. The van der Waals surface area contributed by atoms with E-state index in [0.29, 0.717) is 11.4 Å². The molecule has 1 aromatic heterocycles. The maximum absolute atomic E-state index is 13.0. The number of amides is 3. The van der Waals surface area contributed by atoms with E-state index in [1.54, 1.807) is 65.6 Å². The van der Waals surface area contributed by atoms with E-state index >= 15 is 0 Å². The van der Waals surface area contributed by atoms with Gasteiger partial charge in [0.1, 0.15) is 23.3 Å². The van der Waals surface area contributed by atoms with Gasteiger partial charge in [-0.05, 0) is 119 Å². The molecule has 6 rings (SSSR count). The summed E-state index contributed by atoms with van der Waals surface area (Å²) in [6, 6.07) is 49.1. The number of pyridine rings is 1. The van der Waals surface area contributed by atoms with Gasteiger partial charge < -0.3 is 36.3 Å². The average Bonchev–Trinajstić information content (AvgIpc) is 3.29. The number of hydrogen-bond acceptors (Lipinski definition) is 10. The molecule has 0 aliphatic rings. The summed E-state index contributed by atoms with van der Waals surface area (Å²) >= 11 is 3.56. The number of anilines is 2. The number of carbonyl (C=O) groups is 4. The average molecular weight is 944 g/mol. The standard InChI is InChI=1S/C26H29N3O3S.C14H19NO4.C13H13NS/c1-26(2,3)32-25(31)29-23(17-21-11-7-8-16-27-21)24(30)28-20-12-14-22(15-13-20)33-18-19-9-5-4-6-10-19;1-14(2,3)19-13(18)15-11(12(16)17)9-10-7-5-4-6-8-10;14-12-6-8-13(9-7-12)15-10-11-4-2-1-3-5-11/h4-16,23H,17-18H2,1-3H3,(H,28,30)(H,29,31);4-8,11H,9H2,1-3H3,(H,15,18)(H,16,17);1-9H,10,14H2/t23-;11-;/m00./s1. The highest BCUT2D eigenvalue weighted by molar-refractivity contribution is 7.98. The van der Waals surface area contributed by atoms with Gasteiger partial charge in [-0.1, -0.05) is 97.1 Å². The Kier molecular flexibility index (Phi) is 21.3. The molecule has 0 aliphatic carbocycles. The molecule has 352 valence electrons. The van der Waals surface area contributed by atoms with Crippen LogP contribution in [0.5, 0.6) is 0 Å². The minimum absolute atomic E-state index is 0.218. The fraction of sp³-hybridized carbons (Fsp3) is 0.264. The number of nitrogen functional groups attached to an aromatic ring is 1. The largest absolute Gasteiger partial charge is 0.480 e. The zero-order valence-corrected chi connectivity index (χ0v) is 40.4. The minimum Gasteiger partial charge on any atom is -0.480 e. The lowest BCUT2D eigenvalue weighted by Crippen LogP contribution is -2.47. The number of rotatable bonds is 15. The Morgan fingerprint density at radius 3 is 1.43 bits per heavy atom. The van der Waals surface area contributed by atoms with E-state index in [9.17, 15) is 19.2 Å². The first kappa shape index (κ1) is 52.9. The van der Waals surface area contributed by atoms with Crippen LogP contribution in [0, 0.1) is 0 Å². The van der Waals surface area contributed by atoms with Gasteiger partial charge in [0.2, 0.25) is 5.91 Å². The zero-order chi connectivity index (χ0) is 48.7. The van der Waals surface area contributed by atoms with Crippen LogP contribution in [0.4, 0.5) is 21.0 Å². The van der Waals surface area contributed by atoms with Crippen LogP contribution in [0.2, 0.25) is 0 Å². The fourth-order valence-corrected chi connectivity index (χ4v) is 7.51. The Morgan fingerprint density at radius 2 is 1.00 bits per heavy atom. The van der Waals surface area contributed by atoms with Gasteiger partial charge >= 0.3 is 18.2 Å². The van der Waals surface area contributed by atoms with E-state index in [4.69, 9.17) is 20.3 Å². The summed E-state index contributed by atoms with van der Waals surface area (Å²) in [6.45, 7) is 10.5. The van der Waals surface area contributed by atoms with Crippen molar-refractivity contribution in [1.82, 2.24) is 15.6 Å². The molecule has 14 heteroatoms. The molecule has 12 nitrogen and oxygen atoms in total. The van der Waals surface area contributed by atoms with Gasteiger partial charge in [0.15, 0.2) is 0 Å². The predicted octanol–water partition coefficient (Wildman–Crippen LogP) is 11.2. The van der Waals surface area contributed by atoms with Gasteiger partial charge in [-0.2, -0.15) is 0 Å². The summed E-state index contributed by atoms with van der Waals surface area (Å²) in [6.07, 6.45) is 0.748. The Balaban J connectivity index is 0.000000243. The molecule has 0 unspecified atom stereocenters. The predicted molar refractivity (Wildman–Crippen MR) is 270 cm³/mol. The van der Waals surface area contributed by atoms with Crippen LogP contribution in [-0.2, 0) is 43.4 Å². The second-order valence-electron chi connectivity index (χ2n) is 17.1. The van der Waals surface area contributed by atoms with Gasteiger partial charge in [0.25, 0.3) is 0 Å². The number of nitrogens with two attached hydrogens (primary N) is 1. The molecule has 5 aromatic carbocycles. The number of hydrogen-bond donors (Lipinski definition) is 5. The van der Waals surface area contributed by atoms with Crippen molar-refractivity contribution in [2.45, 2.75) is 99.0 Å². The van der Waals surface area contributed by atoms with Crippen molar-refractivity contribution in [3.8, 4) is 0 Å². The molecule has 0 saturated carbocycles. The molecule has 67 heavy (non-hydrogen) atoms. The van der Waals surface area contributed by atoms with Crippen LogP contribution >= 0.6 is 23.5 Å². The summed E-state index contributed by atoms with van der Waals surface area (Å²) in [5, 5.41) is 17.0. The van der Waals surface area contributed by atoms with Gasteiger partial charge in [0.05, 0.1) is 0 Å². The van der Waals surface area contributed by atoms with Crippen molar-refractivity contribution in [3.63, 3.8) is 0 Å². The topological polar surface area (TPSA) is 182 Å². The number of carboxylic acid groups (broad SMARTS) is 1. The van der Waals surface area contributed by atoms with Crippen molar-refractivity contribution >= 4 is 59.0 Å². The molecule has 0 fully saturated rings. The molecule has 6 aromatic rings. The summed E-state index contributed by atoms with van der Waals surface area (Å²) in [5.74, 6) is 0.453. The molecule has 6 N–H and O–H groups in total. The summed E-state index contributed by atoms with van der Waals surface area (Å²) < 4.78 is 10.4. The lowest BCUT2D eigenvalue weighted by Gasteiger charge is -2.23. The monoisotopic (exact) mass is 943 g/mol. The Morgan fingerprint density at radius 1 is 0.567 bits per heavy atom. The Hall–Kier alpha value is -6.77. The molecule has 0 saturated heterocycles. The SMILES string of the molecule is CC(C)(C)OC(=O)N[C@@H](Cc1ccccc1)C(=O)O.CC(C)(C)OC(=O)N[C@@H](Cc1ccccn1)C(=O)Nc1ccc(SCc2ccccc2)cc1.Nc1ccc(SCc2ccccc2)cc1. The van der Waals surface area contributed by atoms with Crippen molar-refractivity contribution in [3.05, 3.63) is 186 Å². The molecule has 2 atom stereocenters. The van der Waals surface area contributed by atoms with Crippen molar-refractivity contribution in [2.24, 2.45) is 0 Å². The highest BCUT2D eigenvalue weighted by Crippen LogP contribution is 2.25. The van der Waals surface area contributed by atoms with Crippen LogP contribution in [-0.4, -0.2) is 57.4 Å². The molecule has 0 bridgehead atoms. The lowest BCUT2D eigenvalue weighted by molar-refractivity contribution is -0.139. The number of aromatic nitrogens is 1. The Bertz CT molecular complexity index is 2400. The first-order valence-corrected chi connectivity index (χ1v) is 23.6. The molecular formula is C53H61N5O7S2. The van der Waals surface area contributed by atoms with Crippen LogP contribution in [0.25, 0.3) is 0 Å². The second kappa shape index (κ2) is 27.0. The first-order valence-electron chi connectivity index (χ1n) is 21.7. The normalized spacial score (nSPS) is 11.7. The number of benzene rings is 5. The molecule has 0 aliphatic heterocycles. The second-order valence-corrected chi connectivity index (χ2v) is 19.2. The third-order valence-corrected chi connectivity index (χ3v) is 11.1. The van der Waals surface area contributed by atoms with Crippen LogP contribution in [0.15, 0.2) is 174 Å². The number of nitrogens with one attached hydrogen (secondary N) is 3. The molecule has 1 heterocycles. The third kappa shape index (κ3) is 22.3. The third-order valence-electron chi connectivity index (χ3n) is 8.92. The highest BCUT2D eigenvalue weighted by Gasteiger charge is 2.26. The number of alkyl carbamates (subject to hydrolysis) is 2. The Labute approximate surface area is 402 Å². The maximum atomic E-state index is 13.0. The number of carboxylic acids is 1. The van der Waals surface area contributed by atoms with Crippen LogP contribution in [0.1, 0.15) is 63.9 Å². The smallest absolute Gasteiger partial charge is 0.408 e. The zero-order valence-electron chi connectivity index (χ0n) is 38.8. The lowest BCUT2D eigenvalue weighted by atomic mass is 10.1. The molecule has 3 amide bonds. The first-order chi connectivity index (χ1) is 31.9. The van der Waals surface area contributed by atoms with Crippen molar-refractivity contribution in [1.29, 1.82) is 0 Å². The van der Waals surface area contributed by atoms with E-state index in [-0.39, 0.29) is 18.7 Å². The summed E-state index contributed by atoms with van der Waals surface area (Å²) in [7, 11) is 0. The number of thioether (sulfide) groups is 2. The van der Waals surface area contributed by atoms with Gasteiger partial charge in [-0.25, -0.2) is 14.4 Å². The quantitative estimate of drug-likeness (QED) is 0.0488. The van der Waals surface area contributed by atoms with E-state index in [0.717, 1.165) is 27.7 Å². The number of ether oxygens (including phenoxy) is 2. The van der Waals surface area contributed by atoms with Gasteiger partial charge in [0, 0.05) is 57.4 Å². The van der Waals surface area contributed by atoms with Crippen LogP contribution < -0.4 is 21.7 Å². The molecule has 0 spiro atoms. The highest BCUT2D eigenvalue weighted by atomic mass is 32.2. The van der Waals surface area contributed by atoms with E-state index in [1.807, 2.05) is 115 Å². The van der Waals surface area contributed by atoms with E-state index < -0.39 is 41.4 Å². The summed E-state index contributed by atoms with van der Waals surface area (Å²) in [5.41, 5.74) is 9.92. The fourth-order valence-electron chi connectivity index (χ4n) is 5.80. The van der Waals surface area contributed by atoms with Crippen molar-refractivity contribution < 1.29 is 33.8 Å². The van der Waals surface area contributed by atoms with E-state index in [1.165, 1.54) is 16.0 Å². The van der Waals surface area contributed by atoms with Gasteiger partial charge in [-0.3, -0.25) is 9.78 Å². The van der Waals surface area contributed by atoms with Gasteiger partial charge in [-0.15, -0.1) is 23.5 Å². The summed E-state index contributed by atoms with van der Waals surface area (Å²) in [4.78, 5) is 54.6. The number of nitrogens with zero attached hydrogens (tertiary/aromatic N) is 1. The van der Waals surface area contributed by atoms with Crippen molar-refractivity contribution in [2.75, 3.05) is 11.1 Å². The maximum Gasteiger partial charge on any atom is 0.408 e. The van der Waals surface area contributed by atoms with Crippen LogP contribution in [0.3, 0.4) is 0 Å². The van der Waals surface area contributed by atoms with E-state index in [2.05, 4.69) is 69.5 Å². The minimum atomic E-state index is -1.09. The molecular weight excluding hydrogens is 883 g/mol. The molecule has 0 radical (unpaired) electrons.